The number of ketones is 1. The maximum atomic E-state index is 12.0. The van der Waals surface area contributed by atoms with E-state index >= 15 is 0 Å². The molecule has 2 nitrogen and oxygen atoms in total. The third-order valence-electron chi connectivity index (χ3n) is 3.44. The van der Waals surface area contributed by atoms with Crippen molar-refractivity contribution in [1.29, 1.82) is 0 Å². The second kappa shape index (κ2) is 9.82. The fourth-order valence-corrected chi connectivity index (χ4v) is 2.48. The molecule has 0 spiro atoms. The first-order chi connectivity index (χ1) is 9.67. The molecule has 1 aromatic rings. The quantitative estimate of drug-likeness (QED) is 0.554. The number of unbranched alkanes of at least 4 members (excludes halogenated alkanes) is 5. The summed E-state index contributed by atoms with van der Waals surface area (Å²) in [6, 6.07) is 5.41. The summed E-state index contributed by atoms with van der Waals surface area (Å²) in [7, 11) is 1.62. The SMILES string of the molecule is CCCCCCCCC(=O)Cc1cc(Cl)ccc1OC. The second-order valence-corrected chi connectivity index (χ2v) is 5.63. The van der Waals surface area contributed by atoms with Crippen LogP contribution < -0.4 is 4.74 Å². The Morgan fingerprint density at radius 3 is 2.55 bits per heavy atom. The summed E-state index contributed by atoms with van der Waals surface area (Å²) in [4.78, 5) is 12.0. The third kappa shape index (κ3) is 6.42. The first-order valence-electron chi connectivity index (χ1n) is 7.51. The number of Topliss-reactive ketones (excluding diaryl/α,β-unsaturated/α-hetero) is 1. The van der Waals surface area contributed by atoms with E-state index in [0.717, 1.165) is 24.2 Å². The standard InChI is InChI=1S/C17H25ClO2/c1-3-4-5-6-7-8-9-16(19)13-14-12-15(18)10-11-17(14)20-2/h10-12H,3-9,13H2,1-2H3. The summed E-state index contributed by atoms with van der Waals surface area (Å²) in [5.74, 6) is 1.01. The zero-order valence-electron chi connectivity index (χ0n) is 12.6. The molecule has 112 valence electrons. The van der Waals surface area contributed by atoms with Crippen molar-refractivity contribution in [3.05, 3.63) is 28.8 Å². The monoisotopic (exact) mass is 296 g/mol. The fraction of sp³-hybridized carbons (Fsp3) is 0.588. The van der Waals surface area contributed by atoms with Gasteiger partial charge in [0, 0.05) is 23.4 Å². The summed E-state index contributed by atoms with van der Waals surface area (Å²) in [5, 5.41) is 0.646. The molecule has 0 heterocycles. The molecule has 0 aliphatic rings. The maximum Gasteiger partial charge on any atom is 0.137 e. The van der Waals surface area contributed by atoms with Crippen molar-refractivity contribution < 1.29 is 9.53 Å². The summed E-state index contributed by atoms with van der Waals surface area (Å²) >= 11 is 5.97. The molecule has 0 radical (unpaired) electrons. The minimum Gasteiger partial charge on any atom is -0.496 e. The molecule has 0 fully saturated rings. The Hall–Kier alpha value is -1.02. The molecule has 0 unspecified atom stereocenters. The first-order valence-corrected chi connectivity index (χ1v) is 7.89. The number of carbonyl (C=O) groups is 1. The van der Waals surface area contributed by atoms with Gasteiger partial charge in [0.25, 0.3) is 0 Å². The lowest BCUT2D eigenvalue weighted by molar-refractivity contribution is -0.118. The molecule has 0 N–H and O–H groups in total. The van der Waals surface area contributed by atoms with Gasteiger partial charge in [0.05, 0.1) is 7.11 Å². The van der Waals surface area contributed by atoms with Crippen molar-refractivity contribution in [1.82, 2.24) is 0 Å². The Bertz CT molecular complexity index is 415. The zero-order valence-corrected chi connectivity index (χ0v) is 13.3. The number of rotatable bonds is 10. The van der Waals surface area contributed by atoms with Crippen LogP contribution in [0, 0.1) is 0 Å². The van der Waals surface area contributed by atoms with E-state index in [4.69, 9.17) is 16.3 Å². The van der Waals surface area contributed by atoms with Crippen LogP contribution in [-0.2, 0) is 11.2 Å². The predicted molar refractivity (Wildman–Crippen MR) is 84.7 cm³/mol. The first kappa shape index (κ1) is 17.0. The van der Waals surface area contributed by atoms with Crippen LogP contribution >= 0.6 is 11.6 Å². The van der Waals surface area contributed by atoms with Crippen molar-refractivity contribution >= 4 is 17.4 Å². The Kier molecular flexibility index (Phi) is 8.36. The highest BCUT2D eigenvalue weighted by atomic mass is 35.5. The predicted octanol–water partition coefficient (Wildman–Crippen LogP) is 5.21. The number of hydrogen-bond donors (Lipinski definition) is 0. The van der Waals surface area contributed by atoms with E-state index < -0.39 is 0 Å². The number of benzene rings is 1. The molecule has 0 amide bonds. The topological polar surface area (TPSA) is 26.3 Å². The van der Waals surface area contributed by atoms with Crippen molar-refractivity contribution in [2.75, 3.05) is 7.11 Å². The van der Waals surface area contributed by atoms with Gasteiger partial charge in [-0.15, -0.1) is 0 Å². The van der Waals surface area contributed by atoms with E-state index in [1.165, 1.54) is 25.7 Å². The van der Waals surface area contributed by atoms with Gasteiger partial charge in [0.2, 0.25) is 0 Å². The summed E-state index contributed by atoms with van der Waals surface area (Å²) in [6.07, 6.45) is 8.29. The number of hydrogen-bond acceptors (Lipinski definition) is 2. The number of carbonyl (C=O) groups excluding carboxylic acids is 1. The van der Waals surface area contributed by atoms with Gasteiger partial charge in [0.15, 0.2) is 0 Å². The Labute approximate surface area is 127 Å². The molecule has 0 aromatic heterocycles. The molecule has 20 heavy (non-hydrogen) atoms. The van der Waals surface area contributed by atoms with E-state index in [2.05, 4.69) is 6.92 Å². The lowest BCUT2D eigenvalue weighted by Crippen LogP contribution is -2.04. The highest BCUT2D eigenvalue weighted by molar-refractivity contribution is 6.30. The van der Waals surface area contributed by atoms with E-state index in [1.807, 2.05) is 12.1 Å². The van der Waals surface area contributed by atoms with Crippen LogP contribution in [0.5, 0.6) is 5.75 Å². The number of methoxy groups -OCH3 is 1. The molecule has 0 atom stereocenters. The average molecular weight is 297 g/mol. The van der Waals surface area contributed by atoms with Gasteiger partial charge in [-0.1, -0.05) is 50.6 Å². The maximum absolute atomic E-state index is 12.0. The molecule has 0 aliphatic heterocycles. The van der Waals surface area contributed by atoms with Crippen molar-refractivity contribution in [3.63, 3.8) is 0 Å². The smallest absolute Gasteiger partial charge is 0.137 e. The van der Waals surface area contributed by atoms with Gasteiger partial charge in [-0.05, 0) is 24.6 Å². The highest BCUT2D eigenvalue weighted by Crippen LogP contribution is 2.23. The van der Waals surface area contributed by atoms with Crippen LogP contribution in [0.1, 0.15) is 57.4 Å². The fourth-order valence-electron chi connectivity index (χ4n) is 2.29. The second-order valence-electron chi connectivity index (χ2n) is 5.19. The van der Waals surface area contributed by atoms with Gasteiger partial charge >= 0.3 is 0 Å². The Morgan fingerprint density at radius 1 is 1.15 bits per heavy atom. The minimum absolute atomic E-state index is 0.265. The average Bonchev–Trinajstić information content (AvgIpc) is 2.43. The lowest BCUT2D eigenvalue weighted by Gasteiger charge is -2.08. The van der Waals surface area contributed by atoms with Crippen molar-refractivity contribution in [2.24, 2.45) is 0 Å². The summed E-state index contributed by atoms with van der Waals surface area (Å²) < 4.78 is 5.26. The van der Waals surface area contributed by atoms with E-state index in [0.29, 0.717) is 17.9 Å². The Balaban J connectivity index is 2.33. The van der Waals surface area contributed by atoms with Crippen LogP contribution in [0.25, 0.3) is 0 Å². The highest BCUT2D eigenvalue weighted by Gasteiger charge is 2.09. The molecular weight excluding hydrogens is 272 g/mol. The van der Waals surface area contributed by atoms with E-state index in [1.54, 1.807) is 13.2 Å². The van der Waals surface area contributed by atoms with E-state index in [-0.39, 0.29) is 5.78 Å². The van der Waals surface area contributed by atoms with E-state index in [9.17, 15) is 4.79 Å². The van der Waals surface area contributed by atoms with Gasteiger partial charge in [-0.3, -0.25) is 4.79 Å². The lowest BCUT2D eigenvalue weighted by atomic mass is 10.0. The summed E-state index contributed by atoms with van der Waals surface area (Å²) in [5.41, 5.74) is 0.885. The van der Waals surface area contributed by atoms with Gasteiger partial charge in [-0.25, -0.2) is 0 Å². The largest absolute Gasteiger partial charge is 0.496 e. The van der Waals surface area contributed by atoms with Crippen molar-refractivity contribution in [3.8, 4) is 5.75 Å². The van der Waals surface area contributed by atoms with Gasteiger partial charge in [-0.2, -0.15) is 0 Å². The number of halogens is 1. The molecule has 0 saturated carbocycles. The van der Waals surface area contributed by atoms with Crippen LogP contribution in [0.15, 0.2) is 18.2 Å². The van der Waals surface area contributed by atoms with Crippen LogP contribution in [-0.4, -0.2) is 12.9 Å². The zero-order chi connectivity index (χ0) is 14.8. The summed E-state index contributed by atoms with van der Waals surface area (Å²) in [6.45, 7) is 2.21. The van der Waals surface area contributed by atoms with Gasteiger partial charge < -0.3 is 4.74 Å². The minimum atomic E-state index is 0.265. The normalized spacial score (nSPS) is 10.6. The third-order valence-corrected chi connectivity index (χ3v) is 3.67. The van der Waals surface area contributed by atoms with Crippen LogP contribution in [0.3, 0.4) is 0 Å². The van der Waals surface area contributed by atoms with Crippen LogP contribution in [0.2, 0.25) is 5.02 Å². The van der Waals surface area contributed by atoms with Crippen LogP contribution in [0.4, 0.5) is 0 Å². The molecule has 1 rings (SSSR count). The van der Waals surface area contributed by atoms with Crippen molar-refractivity contribution in [2.45, 2.75) is 58.3 Å². The molecule has 3 heteroatoms. The molecular formula is C17H25ClO2. The molecule has 0 aliphatic carbocycles. The number of ether oxygens (including phenoxy) is 1. The molecule has 0 bridgehead atoms. The van der Waals surface area contributed by atoms with Gasteiger partial charge in [0.1, 0.15) is 11.5 Å². The Morgan fingerprint density at radius 2 is 1.85 bits per heavy atom. The molecule has 1 aromatic carbocycles. The molecule has 0 saturated heterocycles.